The second kappa shape index (κ2) is 7.58. The Morgan fingerprint density at radius 3 is 2.80 bits per heavy atom. The Bertz CT molecular complexity index is 386. The molecule has 0 aliphatic carbocycles. The zero-order valence-corrected chi connectivity index (χ0v) is 13.1. The van der Waals surface area contributed by atoms with Gasteiger partial charge in [0.05, 0.1) is 18.1 Å². The molecule has 1 unspecified atom stereocenters. The van der Waals surface area contributed by atoms with Gasteiger partial charge in [0.1, 0.15) is 5.82 Å². The Balaban J connectivity index is 2.00. The first-order valence-electron chi connectivity index (χ1n) is 8.01. The molecular formula is C16H28N4. The molecule has 0 aromatic carbocycles. The Labute approximate surface area is 123 Å². The van der Waals surface area contributed by atoms with Crippen molar-refractivity contribution in [3.63, 3.8) is 0 Å². The van der Waals surface area contributed by atoms with Gasteiger partial charge in [0, 0.05) is 25.2 Å². The number of hydrogen-bond acceptors (Lipinski definition) is 4. The van der Waals surface area contributed by atoms with Crippen molar-refractivity contribution in [3.05, 3.63) is 18.1 Å². The van der Waals surface area contributed by atoms with E-state index < -0.39 is 0 Å². The lowest BCUT2D eigenvalue weighted by Gasteiger charge is -2.36. The third-order valence-electron chi connectivity index (χ3n) is 3.93. The summed E-state index contributed by atoms with van der Waals surface area (Å²) in [5.74, 6) is 1.05. The molecule has 1 aliphatic heterocycles. The van der Waals surface area contributed by atoms with Gasteiger partial charge in [-0.25, -0.2) is 4.98 Å². The van der Waals surface area contributed by atoms with Crippen LogP contribution in [-0.2, 0) is 6.54 Å². The molecule has 1 saturated heterocycles. The third-order valence-corrected chi connectivity index (χ3v) is 3.93. The maximum absolute atomic E-state index is 4.64. The van der Waals surface area contributed by atoms with Crippen LogP contribution in [0.25, 0.3) is 0 Å². The van der Waals surface area contributed by atoms with Crippen LogP contribution in [0, 0.1) is 0 Å². The van der Waals surface area contributed by atoms with Gasteiger partial charge in [-0.15, -0.1) is 0 Å². The number of nitrogens with zero attached hydrogens (tertiary/aromatic N) is 3. The minimum Gasteiger partial charge on any atom is -0.352 e. The van der Waals surface area contributed by atoms with Crippen LogP contribution in [0.5, 0.6) is 0 Å². The molecule has 0 saturated carbocycles. The van der Waals surface area contributed by atoms with Gasteiger partial charge in [-0.1, -0.05) is 27.2 Å². The van der Waals surface area contributed by atoms with Crippen LogP contribution in [0.15, 0.2) is 12.4 Å². The monoisotopic (exact) mass is 276 g/mol. The summed E-state index contributed by atoms with van der Waals surface area (Å²) in [6.45, 7) is 8.47. The molecule has 1 N–H and O–H groups in total. The highest BCUT2D eigenvalue weighted by Gasteiger charge is 2.22. The topological polar surface area (TPSA) is 41.1 Å². The summed E-state index contributed by atoms with van der Waals surface area (Å²) in [5.41, 5.74) is 1.02. The van der Waals surface area contributed by atoms with Crippen molar-refractivity contribution in [3.8, 4) is 0 Å². The highest BCUT2D eigenvalue weighted by atomic mass is 15.2. The van der Waals surface area contributed by atoms with Gasteiger partial charge in [-0.05, 0) is 25.7 Å². The molecule has 1 aromatic rings. The summed E-state index contributed by atoms with van der Waals surface area (Å²) in [6, 6.07) is 1.13. The second-order valence-electron chi connectivity index (χ2n) is 6.03. The fourth-order valence-corrected chi connectivity index (χ4v) is 2.83. The lowest BCUT2D eigenvalue weighted by molar-refractivity contribution is 0.431. The van der Waals surface area contributed by atoms with Crippen LogP contribution in [0.3, 0.4) is 0 Å². The van der Waals surface area contributed by atoms with E-state index >= 15 is 0 Å². The van der Waals surface area contributed by atoms with Crippen LogP contribution in [0.1, 0.15) is 58.6 Å². The van der Waals surface area contributed by atoms with Crippen LogP contribution < -0.4 is 10.2 Å². The lowest BCUT2D eigenvalue weighted by Crippen LogP contribution is -2.40. The van der Waals surface area contributed by atoms with Gasteiger partial charge in [-0.3, -0.25) is 4.98 Å². The van der Waals surface area contributed by atoms with E-state index in [1.807, 2.05) is 12.4 Å². The maximum Gasteiger partial charge on any atom is 0.147 e. The van der Waals surface area contributed by atoms with Crippen LogP contribution in [-0.4, -0.2) is 28.6 Å². The number of anilines is 1. The molecule has 2 heterocycles. The minimum absolute atomic E-state index is 0.479. The van der Waals surface area contributed by atoms with Crippen LogP contribution >= 0.6 is 0 Å². The van der Waals surface area contributed by atoms with Crippen molar-refractivity contribution in [2.75, 3.05) is 11.4 Å². The number of piperidine rings is 1. The molecular weight excluding hydrogens is 248 g/mol. The van der Waals surface area contributed by atoms with E-state index in [9.17, 15) is 0 Å². The van der Waals surface area contributed by atoms with Crippen molar-refractivity contribution in [2.45, 2.75) is 71.5 Å². The fraction of sp³-hybridized carbons (Fsp3) is 0.750. The van der Waals surface area contributed by atoms with Crippen molar-refractivity contribution in [1.82, 2.24) is 15.3 Å². The van der Waals surface area contributed by atoms with Gasteiger partial charge >= 0.3 is 0 Å². The van der Waals surface area contributed by atoms with Gasteiger partial charge in [0.25, 0.3) is 0 Å². The van der Waals surface area contributed by atoms with Crippen LogP contribution in [0.4, 0.5) is 5.82 Å². The molecule has 1 aliphatic rings. The Kier molecular flexibility index (Phi) is 5.77. The summed E-state index contributed by atoms with van der Waals surface area (Å²) >= 11 is 0. The summed E-state index contributed by atoms with van der Waals surface area (Å²) < 4.78 is 0. The summed E-state index contributed by atoms with van der Waals surface area (Å²) in [7, 11) is 0. The molecule has 112 valence electrons. The lowest BCUT2D eigenvalue weighted by atomic mass is 9.98. The smallest absolute Gasteiger partial charge is 0.147 e. The standard InChI is InChI=1S/C16H28N4/c1-4-7-15-8-5-6-9-20(15)16-12-18-14(11-19-16)10-17-13(2)3/h11-13,15,17H,4-10H2,1-3H3. The number of rotatable bonds is 6. The molecule has 1 fully saturated rings. The van der Waals surface area contributed by atoms with Crippen molar-refractivity contribution < 1.29 is 0 Å². The number of aromatic nitrogens is 2. The SMILES string of the molecule is CCCC1CCCCN1c1cnc(CNC(C)C)cn1. The molecule has 20 heavy (non-hydrogen) atoms. The van der Waals surface area contributed by atoms with E-state index in [0.29, 0.717) is 12.1 Å². The predicted molar refractivity (Wildman–Crippen MR) is 83.9 cm³/mol. The molecule has 2 rings (SSSR count). The van der Waals surface area contributed by atoms with Gasteiger partial charge in [-0.2, -0.15) is 0 Å². The first-order chi connectivity index (χ1) is 9.70. The summed E-state index contributed by atoms with van der Waals surface area (Å²) in [4.78, 5) is 11.6. The van der Waals surface area contributed by atoms with Gasteiger partial charge < -0.3 is 10.2 Å². The van der Waals surface area contributed by atoms with Gasteiger partial charge in [0.15, 0.2) is 0 Å². The van der Waals surface area contributed by atoms with E-state index in [1.54, 1.807) is 0 Å². The van der Waals surface area contributed by atoms with E-state index in [1.165, 1.54) is 32.1 Å². The molecule has 4 heteroatoms. The quantitative estimate of drug-likeness (QED) is 0.866. The highest BCUT2D eigenvalue weighted by molar-refractivity contribution is 5.38. The Morgan fingerprint density at radius 1 is 1.30 bits per heavy atom. The molecule has 0 bridgehead atoms. The summed E-state index contributed by atoms with van der Waals surface area (Å²) in [5, 5.41) is 3.37. The minimum atomic E-state index is 0.479. The molecule has 1 atom stereocenters. The number of nitrogens with one attached hydrogen (secondary N) is 1. The zero-order chi connectivity index (χ0) is 14.4. The third kappa shape index (κ3) is 4.17. The summed E-state index contributed by atoms with van der Waals surface area (Å²) in [6.07, 6.45) is 10.3. The molecule has 0 amide bonds. The largest absolute Gasteiger partial charge is 0.352 e. The fourth-order valence-electron chi connectivity index (χ4n) is 2.83. The van der Waals surface area contributed by atoms with Gasteiger partial charge in [0.2, 0.25) is 0 Å². The normalized spacial score (nSPS) is 19.6. The van der Waals surface area contributed by atoms with E-state index in [4.69, 9.17) is 0 Å². The van der Waals surface area contributed by atoms with Crippen LogP contribution in [0.2, 0.25) is 0 Å². The first-order valence-corrected chi connectivity index (χ1v) is 8.01. The molecule has 0 spiro atoms. The maximum atomic E-state index is 4.64. The van der Waals surface area contributed by atoms with Crippen molar-refractivity contribution in [2.24, 2.45) is 0 Å². The Morgan fingerprint density at radius 2 is 2.15 bits per heavy atom. The molecule has 4 nitrogen and oxygen atoms in total. The highest BCUT2D eigenvalue weighted by Crippen LogP contribution is 2.25. The van der Waals surface area contributed by atoms with E-state index in [0.717, 1.165) is 24.6 Å². The molecule has 1 aromatic heterocycles. The zero-order valence-electron chi connectivity index (χ0n) is 13.1. The predicted octanol–water partition coefficient (Wildman–Crippen LogP) is 3.13. The average molecular weight is 276 g/mol. The van der Waals surface area contributed by atoms with E-state index in [2.05, 4.69) is 41.0 Å². The Hall–Kier alpha value is -1.16. The number of hydrogen-bond donors (Lipinski definition) is 1. The van der Waals surface area contributed by atoms with Crippen molar-refractivity contribution in [1.29, 1.82) is 0 Å². The first kappa shape index (κ1) is 15.2. The molecule has 0 radical (unpaired) electrons. The van der Waals surface area contributed by atoms with E-state index in [-0.39, 0.29) is 0 Å². The average Bonchev–Trinajstić information content (AvgIpc) is 2.47. The second-order valence-corrected chi connectivity index (χ2v) is 6.03. The van der Waals surface area contributed by atoms with Crippen molar-refractivity contribution >= 4 is 5.82 Å².